The van der Waals surface area contributed by atoms with Crippen molar-refractivity contribution in [3.63, 3.8) is 0 Å². The number of hydrogen-bond donors (Lipinski definition) is 1. The van der Waals surface area contributed by atoms with Crippen LogP contribution in [-0.4, -0.2) is 94.4 Å². The topological polar surface area (TPSA) is 72.9 Å². The minimum Gasteiger partial charge on any atom is -0.493 e. The zero-order valence-corrected chi connectivity index (χ0v) is 20.6. The van der Waals surface area contributed by atoms with Crippen LogP contribution in [0.25, 0.3) is 0 Å². The molecule has 0 bridgehead atoms. The Hall–Kier alpha value is -2.52. The molecule has 1 fully saturated rings. The van der Waals surface area contributed by atoms with E-state index in [2.05, 4.69) is 9.80 Å². The van der Waals surface area contributed by atoms with E-state index in [4.69, 9.17) is 23.7 Å². The summed E-state index contributed by atoms with van der Waals surface area (Å²) in [5, 5.41) is 10.5. The molecule has 2 aromatic rings. The predicted molar refractivity (Wildman–Crippen MR) is 131 cm³/mol. The molecule has 8 nitrogen and oxygen atoms in total. The fourth-order valence-electron chi connectivity index (χ4n) is 3.86. The highest BCUT2D eigenvalue weighted by Gasteiger charge is 2.14. The van der Waals surface area contributed by atoms with E-state index in [0.717, 1.165) is 44.2 Å². The summed E-state index contributed by atoms with van der Waals surface area (Å²) in [6.07, 6.45) is -0.635. The van der Waals surface area contributed by atoms with Gasteiger partial charge in [-0.1, -0.05) is 18.2 Å². The number of methoxy groups -OCH3 is 1. The molecular formula is C26H38N2O6. The molecule has 2 aromatic carbocycles. The van der Waals surface area contributed by atoms with Gasteiger partial charge < -0.3 is 28.8 Å². The van der Waals surface area contributed by atoms with Crippen LogP contribution in [0.4, 0.5) is 0 Å². The first-order chi connectivity index (χ1) is 16.6. The van der Waals surface area contributed by atoms with Crippen molar-refractivity contribution in [3.8, 4) is 23.0 Å². The molecule has 0 saturated carbocycles. The van der Waals surface area contributed by atoms with Gasteiger partial charge in [-0.3, -0.25) is 9.80 Å². The zero-order chi connectivity index (χ0) is 24.2. The Bertz CT molecular complexity index is 859. The Labute approximate surface area is 202 Å². The van der Waals surface area contributed by atoms with Gasteiger partial charge in [0.05, 0.1) is 26.9 Å². The number of para-hydroxylation sites is 2. The fraction of sp³-hybridized carbons (Fsp3) is 0.538. The van der Waals surface area contributed by atoms with Crippen molar-refractivity contribution in [2.24, 2.45) is 0 Å². The summed E-state index contributed by atoms with van der Waals surface area (Å²) in [6.45, 7) is 8.75. The molecule has 0 amide bonds. The lowest BCUT2D eigenvalue weighted by atomic mass is 10.2. The lowest BCUT2D eigenvalue weighted by molar-refractivity contribution is 0.0321. The average molecular weight is 475 g/mol. The van der Waals surface area contributed by atoms with Crippen LogP contribution in [0.1, 0.15) is 12.5 Å². The summed E-state index contributed by atoms with van der Waals surface area (Å²) in [7, 11) is 3.62. The number of aliphatic hydroxyl groups excluding tert-OH is 1. The molecule has 1 N–H and O–H groups in total. The van der Waals surface area contributed by atoms with Crippen molar-refractivity contribution < 1.29 is 28.8 Å². The van der Waals surface area contributed by atoms with E-state index in [0.29, 0.717) is 43.6 Å². The van der Waals surface area contributed by atoms with Gasteiger partial charge in [0.2, 0.25) is 0 Å². The largest absolute Gasteiger partial charge is 0.493 e. The molecule has 0 spiro atoms. The Morgan fingerprint density at radius 3 is 2.41 bits per heavy atom. The van der Waals surface area contributed by atoms with Crippen LogP contribution < -0.4 is 18.9 Å². The Morgan fingerprint density at radius 2 is 1.71 bits per heavy atom. The standard InChI is InChI=1S/C26H38N2O6/c1-4-32-23-7-5-6-8-24(23)34-20-22(29)19-27(2)18-21-9-10-25(26(17-21)30-3)33-16-13-28-11-14-31-15-12-28/h5-10,17,22,29H,4,11-16,18-20H2,1-3H3/t22-/m1/s1. The van der Waals surface area contributed by atoms with Crippen molar-refractivity contribution >= 4 is 0 Å². The number of hydrogen-bond acceptors (Lipinski definition) is 8. The Balaban J connectivity index is 1.44. The van der Waals surface area contributed by atoms with Gasteiger partial charge in [0, 0.05) is 32.7 Å². The molecule has 0 unspecified atom stereocenters. The molecule has 1 aliphatic rings. The molecule has 0 aromatic heterocycles. The van der Waals surface area contributed by atoms with Gasteiger partial charge in [-0.05, 0) is 43.8 Å². The first kappa shape index (κ1) is 26.1. The van der Waals surface area contributed by atoms with Crippen molar-refractivity contribution in [1.82, 2.24) is 9.80 Å². The van der Waals surface area contributed by atoms with Gasteiger partial charge in [0.15, 0.2) is 23.0 Å². The van der Waals surface area contributed by atoms with E-state index >= 15 is 0 Å². The van der Waals surface area contributed by atoms with Crippen LogP contribution >= 0.6 is 0 Å². The maximum Gasteiger partial charge on any atom is 0.161 e. The molecule has 0 radical (unpaired) electrons. The molecule has 188 valence electrons. The van der Waals surface area contributed by atoms with E-state index in [9.17, 15) is 5.11 Å². The number of likely N-dealkylation sites (N-methyl/N-ethyl adjacent to an activating group) is 1. The quantitative estimate of drug-likeness (QED) is 0.448. The van der Waals surface area contributed by atoms with Gasteiger partial charge in [0.25, 0.3) is 0 Å². The van der Waals surface area contributed by atoms with Crippen molar-refractivity contribution in [2.45, 2.75) is 19.6 Å². The van der Waals surface area contributed by atoms with Crippen LogP contribution in [0.3, 0.4) is 0 Å². The first-order valence-electron chi connectivity index (χ1n) is 11.9. The summed E-state index contributed by atoms with van der Waals surface area (Å²) in [6, 6.07) is 13.5. The van der Waals surface area contributed by atoms with E-state index in [1.807, 2.05) is 56.4 Å². The summed E-state index contributed by atoms with van der Waals surface area (Å²) in [5.41, 5.74) is 1.08. The molecule has 3 rings (SSSR count). The van der Waals surface area contributed by atoms with Crippen molar-refractivity contribution in [3.05, 3.63) is 48.0 Å². The zero-order valence-electron chi connectivity index (χ0n) is 20.6. The van der Waals surface area contributed by atoms with E-state index in [1.165, 1.54) is 0 Å². The highest BCUT2D eigenvalue weighted by molar-refractivity contribution is 5.43. The number of morpholine rings is 1. The van der Waals surface area contributed by atoms with Crippen molar-refractivity contribution in [1.29, 1.82) is 0 Å². The number of ether oxygens (including phenoxy) is 5. The predicted octanol–water partition coefficient (Wildman–Crippen LogP) is 2.68. The number of rotatable bonds is 14. The van der Waals surface area contributed by atoms with E-state index in [-0.39, 0.29) is 6.61 Å². The summed E-state index contributed by atoms with van der Waals surface area (Å²) in [4.78, 5) is 4.39. The molecule has 1 saturated heterocycles. The number of benzene rings is 2. The lowest BCUT2D eigenvalue weighted by Gasteiger charge is -2.26. The minimum atomic E-state index is -0.635. The summed E-state index contributed by atoms with van der Waals surface area (Å²) >= 11 is 0. The van der Waals surface area contributed by atoms with Crippen LogP contribution in [-0.2, 0) is 11.3 Å². The number of aliphatic hydroxyl groups is 1. The average Bonchev–Trinajstić information content (AvgIpc) is 2.85. The normalized spacial score (nSPS) is 15.2. The SMILES string of the molecule is CCOc1ccccc1OC[C@H](O)CN(C)Cc1ccc(OCCN2CCOCC2)c(OC)c1. The number of nitrogens with zero attached hydrogens (tertiary/aromatic N) is 2. The first-order valence-corrected chi connectivity index (χ1v) is 11.9. The Morgan fingerprint density at radius 1 is 1.00 bits per heavy atom. The van der Waals surface area contributed by atoms with Crippen LogP contribution in [0.2, 0.25) is 0 Å². The van der Waals surface area contributed by atoms with Crippen LogP contribution in [0, 0.1) is 0 Å². The molecule has 1 atom stereocenters. The van der Waals surface area contributed by atoms with Gasteiger partial charge in [-0.15, -0.1) is 0 Å². The third kappa shape index (κ3) is 8.36. The molecular weight excluding hydrogens is 436 g/mol. The highest BCUT2D eigenvalue weighted by atomic mass is 16.5. The van der Waals surface area contributed by atoms with E-state index in [1.54, 1.807) is 7.11 Å². The highest BCUT2D eigenvalue weighted by Crippen LogP contribution is 2.29. The maximum atomic E-state index is 10.5. The molecule has 1 aliphatic heterocycles. The van der Waals surface area contributed by atoms with E-state index < -0.39 is 6.10 Å². The monoisotopic (exact) mass is 474 g/mol. The lowest BCUT2D eigenvalue weighted by Crippen LogP contribution is -2.38. The second-order valence-electron chi connectivity index (χ2n) is 8.33. The van der Waals surface area contributed by atoms with Crippen LogP contribution in [0.15, 0.2) is 42.5 Å². The van der Waals surface area contributed by atoms with Crippen LogP contribution in [0.5, 0.6) is 23.0 Å². The van der Waals surface area contributed by atoms with Gasteiger partial charge >= 0.3 is 0 Å². The molecule has 8 heteroatoms. The molecule has 1 heterocycles. The second-order valence-corrected chi connectivity index (χ2v) is 8.33. The smallest absolute Gasteiger partial charge is 0.161 e. The third-order valence-corrected chi connectivity index (χ3v) is 5.55. The molecule has 0 aliphatic carbocycles. The fourth-order valence-corrected chi connectivity index (χ4v) is 3.86. The minimum absolute atomic E-state index is 0.188. The van der Waals surface area contributed by atoms with Crippen molar-refractivity contribution in [2.75, 3.05) is 73.4 Å². The second kappa shape index (κ2) is 14.0. The maximum absolute atomic E-state index is 10.5. The Kier molecular flexibility index (Phi) is 10.8. The summed E-state index contributed by atoms with van der Waals surface area (Å²) < 4.78 is 28.3. The van der Waals surface area contributed by atoms with Gasteiger partial charge in [0.1, 0.15) is 19.3 Å². The van der Waals surface area contributed by atoms with Gasteiger partial charge in [-0.25, -0.2) is 0 Å². The van der Waals surface area contributed by atoms with Gasteiger partial charge in [-0.2, -0.15) is 0 Å². The molecule has 34 heavy (non-hydrogen) atoms. The summed E-state index contributed by atoms with van der Waals surface area (Å²) in [5.74, 6) is 2.78. The third-order valence-electron chi connectivity index (χ3n) is 5.55.